The molecule has 1 atom stereocenters. The molecule has 1 fully saturated rings. The monoisotopic (exact) mass is 421 g/mol. The van der Waals surface area contributed by atoms with E-state index in [0.29, 0.717) is 13.1 Å². The normalized spacial score (nSPS) is 15.0. The summed E-state index contributed by atoms with van der Waals surface area (Å²) in [5, 5.41) is 6.00. The van der Waals surface area contributed by atoms with E-state index in [4.69, 9.17) is 15.9 Å². The summed E-state index contributed by atoms with van der Waals surface area (Å²) < 4.78 is 10.9. The molecular formula is C25H31N3O3. The van der Waals surface area contributed by atoms with Gasteiger partial charge in [0.1, 0.15) is 12.4 Å². The van der Waals surface area contributed by atoms with Gasteiger partial charge in [0, 0.05) is 26.2 Å². The van der Waals surface area contributed by atoms with Gasteiger partial charge >= 0.3 is 6.03 Å². The van der Waals surface area contributed by atoms with Crippen LogP contribution in [0.5, 0.6) is 5.75 Å². The van der Waals surface area contributed by atoms with Crippen LogP contribution in [0.2, 0.25) is 0 Å². The molecule has 0 spiro atoms. The molecule has 2 N–H and O–H groups in total. The van der Waals surface area contributed by atoms with Crippen molar-refractivity contribution in [3.63, 3.8) is 0 Å². The first kappa shape index (κ1) is 22.7. The summed E-state index contributed by atoms with van der Waals surface area (Å²) in [6.45, 7) is 6.64. The van der Waals surface area contributed by atoms with Gasteiger partial charge in [-0.25, -0.2) is 4.79 Å². The lowest BCUT2D eigenvalue weighted by atomic mass is 10.0. The van der Waals surface area contributed by atoms with Gasteiger partial charge in [-0.05, 0) is 36.6 Å². The minimum atomic E-state index is -0.153. The fraction of sp³-hybridized carbons (Fsp3) is 0.400. The van der Waals surface area contributed by atoms with Crippen molar-refractivity contribution in [1.29, 1.82) is 0 Å². The molecule has 2 aromatic carbocycles. The number of hydrogen-bond acceptors (Lipinski definition) is 4. The molecule has 1 unspecified atom stereocenters. The van der Waals surface area contributed by atoms with Crippen LogP contribution in [0.15, 0.2) is 48.5 Å². The van der Waals surface area contributed by atoms with Crippen molar-refractivity contribution in [3.8, 4) is 18.1 Å². The van der Waals surface area contributed by atoms with E-state index in [1.54, 1.807) is 0 Å². The summed E-state index contributed by atoms with van der Waals surface area (Å²) in [6.07, 6.45) is 5.94. The maximum Gasteiger partial charge on any atom is 0.314 e. The number of morpholine rings is 1. The Kier molecular flexibility index (Phi) is 8.77. The molecule has 6 heteroatoms. The third-order valence-corrected chi connectivity index (χ3v) is 5.31. The van der Waals surface area contributed by atoms with Gasteiger partial charge in [0.05, 0.1) is 19.3 Å². The first-order chi connectivity index (χ1) is 15.2. The van der Waals surface area contributed by atoms with Crippen molar-refractivity contribution in [2.75, 3.05) is 46.0 Å². The predicted octanol–water partition coefficient (Wildman–Crippen LogP) is 2.92. The summed E-state index contributed by atoms with van der Waals surface area (Å²) in [6, 6.07) is 16.2. The Bertz CT molecular complexity index is 870. The Labute approximate surface area is 184 Å². The third-order valence-electron chi connectivity index (χ3n) is 5.31. The summed E-state index contributed by atoms with van der Waals surface area (Å²) in [5.74, 6) is 3.19. The number of urea groups is 1. The lowest BCUT2D eigenvalue weighted by Crippen LogP contribution is -2.46. The van der Waals surface area contributed by atoms with Crippen molar-refractivity contribution < 1.29 is 14.3 Å². The van der Waals surface area contributed by atoms with Crippen LogP contribution in [0.4, 0.5) is 4.79 Å². The van der Waals surface area contributed by atoms with E-state index in [-0.39, 0.29) is 18.7 Å². The van der Waals surface area contributed by atoms with Crippen LogP contribution < -0.4 is 15.4 Å². The van der Waals surface area contributed by atoms with Gasteiger partial charge in [-0.15, -0.1) is 6.42 Å². The number of aryl methyl sites for hydroxylation is 1. The van der Waals surface area contributed by atoms with Crippen LogP contribution in [0.25, 0.3) is 0 Å². The first-order valence-corrected chi connectivity index (χ1v) is 10.7. The highest BCUT2D eigenvalue weighted by Crippen LogP contribution is 2.22. The van der Waals surface area contributed by atoms with E-state index < -0.39 is 0 Å². The molecule has 0 bridgehead atoms. The van der Waals surface area contributed by atoms with Crippen molar-refractivity contribution in [2.45, 2.75) is 19.4 Å². The summed E-state index contributed by atoms with van der Waals surface area (Å²) in [7, 11) is 0. The number of nitrogens with one attached hydrogen (secondary N) is 2. The second-order valence-corrected chi connectivity index (χ2v) is 7.60. The summed E-state index contributed by atoms with van der Waals surface area (Å²) >= 11 is 0. The molecule has 1 aliphatic rings. The number of rotatable bonds is 9. The van der Waals surface area contributed by atoms with Crippen molar-refractivity contribution >= 4 is 6.03 Å². The van der Waals surface area contributed by atoms with Crippen molar-refractivity contribution in [1.82, 2.24) is 15.5 Å². The van der Waals surface area contributed by atoms with Crippen LogP contribution in [-0.2, 0) is 11.2 Å². The zero-order chi connectivity index (χ0) is 21.9. The van der Waals surface area contributed by atoms with Gasteiger partial charge in [0.25, 0.3) is 0 Å². The number of carbonyl (C=O) groups excluding carboxylic acids is 1. The van der Waals surface area contributed by atoms with Gasteiger partial charge in [-0.1, -0.05) is 47.9 Å². The quantitative estimate of drug-likeness (QED) is 0.611. The molecule has 0 saturated carbocycles. The highest BCUT2D eigenvalue weighted by molar-refractivity contribution is 5.73. The summed E-state index contributed by atoms with van der Waals surface area (Å²) in [5.41, 5.74) is 3.56. The zero-order valence-electron chi connectivity index (χ0n) is 18.1. The maximum atomic E-state index is 12.4. The number of hydrogen-bond donors (Lipinski definition) is 2. The van der Waals surface area contributed by atoms with Crippen LogP contribution in [0, 0.1) is 19.3 Å². The third kappa shape index (κ3) is 7.32. The molecule has 6 nitrogen and oxygen atoms in total. The fourth-order valence-corrected chi connectivity index (χ4v) is 3.67. The van der Waals surface area contributed by atoms with Crippen LogP contribution in [0.3, 0.4) is 0 Å². The topological polar surface area (TPSA) is 62.8 Å². The number of nitrogens with zero attached hydrogens (tertiary/aromatic N) is 1. The van der Waals surface area contributed by atoms with Crippen LogP contribution in [-0.4, -0.2) is 56.9 Å². The zero-order valence-corrected chi connectivity index (χ0v) is 18.1. The minimum Gasteiger partial charge on any atom is -0.481 e. The molecule has 3 rings (SSSR count). The van der Waals surface area contributed by atoms with Gasteiger partial charge in [0.15, 0.2) is 0 Å². The van der Waals surface area contributed by atoms with Crippen LogP contribution in [0.1, 0.15) is 22.7 Å². The van der Waals surface area contributed by atoms with Gasteiger partial charge in [-0.2, -0.15) is 0 Å². The van der Waals surface area contributed by atoms with E-state index in [1.165, 1.54) is 11.1 Å². The number of carbonyl (C=O) groups is 1. The molecule has 0 aromatic heterocycles. The minimum absolute atomic E-state index is 0.130. The smallest absolute Gasteiger partial charge is 0.314 e. The number of ether oxygens (including phenoxy) is 2. The molecule has 1 heterocycles. The van der Waals surface area contributed by atoms with E-state index in [9.17, 15) is 4.79 Å². The highest BCUT2D eigenvalue weighted by atomic mass is 16.5. The number of amides is 2. The number of benzene rings is 2. The Morgan fingerprint density at radius 3 is 2.68 bits per heavy atom. The molecule has 164 valence electrons. The first-order valence-electron chi connectivity index (χ1n) is 10.7. The molecule has 0 radical (unpaired) electrons. The molecule has 0 aliphatic carbocycles. The predicted molar refractivity (Wildman–Crippen MR) is 122 cm³/mol. The maximum absolute atomic E-state index is 12.4. The molecule has 31 heavy (non-hydrogen) atoms. The average molecular weight is 422 g/mol. The molecule has 1 saturated heterocycles. The van der Waals surface area contributed by atoms with Gasteiger partial charge in [-0.3, -0.25) is 4.90 Å². The fourth-order valence-electron chi connectivity index (χ4n) is 3.67. The molecule has 2 aromatic rings. The average Bonchev–Trinajstić information content (AvgIpc) is 2.79. The largest absolute Gasteiger partial charge is 0.481 e. The second kappa shape index (κ2) is 12.0. The Hall–Kier alpha value is -3.01. The van der Waals surface area contributed by atoms with E-state index >= 15 is 0 Å². The van der Waals surface area contributed by atoms with Crippen molar-refractivity contribution in [2.24, 2.45) is 0 Å². The van der Waals surface area contributed by atoms with E-state index in [1.807, 2.05) is 24.3 Å². The molecular weight excluding hydrogens is 390 g/mol. The van der Waals surface area contributed by atoms with Gasteiger partial charge in [0.2, 0.25) is 0 Å². The van der Waals surface area contributed by atoms with Crippen LogP contribution >= 0.6 is 0 Å². The molecule has 1 aliphatic heterocycles. The summed E-state index contributed by atoms with van der Waals surface area (Å²) in [4.78, 5) is 14.8. The Morgan fingerprint density at radius 2 is 1.97 bits per heavy atom. The second-order valence-electron chi connectivity index (χ2n) is 7.60. The standard InChI is InChI=1S/C25H31N3O3/c1-3-15-31-23-9-7-21(8-10-23)11-12-26-25(29)27-19-24(28-13-16-30-17-14-28)22-6-4-5-20(2)18-22/h1,4-10,18,24H,11-17,19H2,2H3,(H2,26,27,29). The van der Waals surface area contributed by atoms with Gasteiger partial charge < -0.3 is 20.1 Å². The van der Waals surface area contributed by atoms with E-state index in [0.717, 1.165) is 44.0 Å². The SMILES string of the molecule is C#CCOc1ccc(CCNC(=O)NCC(c2cccc(C)c2)N2CCOCC2)cc1. The lowest BCUT2D eigenvalue weighted by molar-refractivity contribution is 0.0167. The molecule has 2 amide bonds. The highest BCUT2D eigenvalue weighted by Gasteiger charge is 2.23. The van der Waals surface area contributed by atoms with Crippen molar-refractivity contribution in [3.05, 3.63) is 65.2 Å². The van der Waals surface area contributed by atoms with E-state index in [2.05, 4.69) is 52.6 Å². The Morgan fingerprint density at radius 1 is 1.19 bits per heavy atom. The Balaban J connectivity index is 1.47. The lowest BCUT2D eigenvalue weighted by Gasteiger charge is -2.35. The number of terminal acetylenes is 1.